The van der Waals surface area contributed by atoms with Gasteiger partial charge in [0, 0.05) is 23.2 Å². The number of hydrogen-bond acceptors (Lipinski definition) is 6. The Hall–Kier alpha value is -3.66. The van der Waals surface area contributed by atoms with Gasteiger partial charge in [0.1, 0.15) is 10.6 Å². The van der Waals surface area contributed by atoms with Crippen LogP contribution in [0.5, 0.6) is 0 Å². The Labute approximate surface area is 213 Å². The molecule has 0 amide bonds. The molecular weight excluding hydrogens is 522 g/mol. The van der Waals surface area contributed by atoms with Gasteiger partial charge < -0.3 is 4.18 Å². The predicted octanol–water partition coefficient (Wildman–Crippen LogP) is 5.08. The van der Waals surface area contributed by atoms with Gasteiger partial charge in [-0.2, -0.15) is 8.42 Å². The van der Waals surface area contributed by atoms with Crippen LogP contribution in [-0.4, -0.2) is 34.0 Å². The molecule has 0 saturated carbocycles. The first-order valence-corrected chi connectivity index (χ1v) is 13.9. The molecule has 10 heteroatoms. The van der Waals surface area contributed by atoms with Crippen molar-refractivity contribution < 1.29 is 25.8 Å². The highest BCUT2D eigenvalue weighted by atomic mass is 35.5. The van der Waals surface area contributed by atoms with E-state index in [0.29, 0.717) is 5.02 Å². The molecule has 4 aromatic rings. The molecule has 0 N–H and O–H groups in total. The van der Waals surface area contributed by atoms with Gasteiger partial charge in [-0.1, -0.05) is 60.1 Å². The Bertz CT molecular complexity index is 1780. The zero-order valence-corrected chi connectivity index (χ0v) is 21.1. The lowest BCUT2D eigenvalue weighted by molar-refractivity contribution is 0.101. The van der Waals surface area contributed by atoms with E-state index in [9.17, 15) is 21.6 Å². The van der Waals surface area contributed by atoms with Crippen molar-refractivity contribution in [3.8, 4) is 0 Å². The molecule has 0 saturated heterocycles. The number of hydrogen-bond donors (Lipinski definition) is 0. The second kappa shape index (κ2) is 8.77. The van der Waals surface area contributed by atoms with Crippen LogP contribution < -0.4 is 0 Å². The molecule has 0 fully saturated rings. The first-order valence-electron chi connectivity index (χ1n) is 10.7. The molecule has 0 aliphatic carbocycles. The zero-order chi connectivity index (χ0) is 25.7. The number of rotatable bonds is 5. The summed E-state index contributed by atoms with van der Waals surface area (Å²) in [5.41, 5.74) is -0.270. The number of fused-ring (bicyclic) bond motifs is 2. The third-order valence-corrected chi connectivity index (χ3v) is 9.13. The molecule has 0 atom stereocenters. The van der Waals surface area contributed by atoms with E-state index in [1.165, 1.54) is 55.6 Å². The van der Waals surface area contributed by atoms with Crippen LogP contribution >= 0.6 is 11.6 Å². The first-order chi connectivity index (χ1) is 17.1. The second-order valence-electron chi connectivity index (χ2n) is 8.03. The van der Waals surface area contributed by atoms with Crippen molar-refractivity contribution in [1.82, 2.24) is 4.31 Å². The number of benzene rings is 4. The van der Waals surface area contributed by atoms with Gasteiger partial charge in [-0.3, -0.25) is 9.10 Å². The van der Waals surface area contributed by atoms with E-state index in [-0.39, 0.29) is 26.7 Å². The fourth-order valence-electron chi connectivity index (χ4n) is 3.97. The lowest BCUT2D eigenvalue weighted by Gasteiger charge is -2.30. The average Bonchev–Trinajstić information content (AvgIpc) is 2.87. The summed E-state index contributed by atoms with van der Waals surface area (Å²) in [6, 6.07) is 23.4. The molecule has 1 heterocycles. The van der Waals surface area contributed by atoms with Gasteiger partial charge in [0.05, 0.1) is 4.90 Å². The van der Waals surface area contributed by atoms with Crippen molar-refractivity contribution in [3.63, 3.8) is 0 Å². The lowest BCUT2D eigenvalue weighted by Crippen LogP contribution is -2.36. The van der Waals surface area contributed by atoms with Crippen LogP contribution in [-0.2, 0) is 24.3 Å². The maximum atomic E-state index is 13.8. The third-order valence-electron chi connectivity index (χ3n) is 5.82. The maximum absolute atomic E-state index is 13.8. The number of Topliss-reactive ketones (excluding diaryl/α,β-unsaturated/α-hetero) is 1. The molecule has 36 heavy (non-hydrogen) atoms. The van der Waals surface area contributed by atoms with Gasteiger partial charge in [0.25, 0.3) is 10.0 Å². The van der Waals surface area contributed by atoms with Crippen molar-refractivity contribution in [2.75, 3.05) is 7.05 Å². The van der Waals surface area contributed by atoms with E-state index in [0.717, 1.165) is 15.1 Å². The van der Waals surface area contributed by atoms with Crippen LogP contribution in [0.2, 0.25) is 5.02 Å². The average molecular weight is 540 g/mol. The predicted molar refractivity (Wildman–Crippen MR) is 136 cm³/mol. The number of ketones is 1. The Kier molecular flexibility index (Phi) is 5.86. The smallest absolute Gasteiger partial charge is 0.339 e. The Morgan fingerprint density at radius 1 is 0.861 bits per heavy atom. The summed E-state index contributed by atoms with van der Waals surface area (Å²) in [6.07, 6.45) is 0. The molecule has 4 aromatic carbocycles. The first kappa shape index (κ1) is 24.1. The van der Waals surface area contributed by atoms with E-state index < -0.39 is 31.6 Å². The van der Waals surface area contributed by atoms with Gasteiger partial charge in [-0.05, 0) is 53.2 Å². The number of carbonyl (C=O) groups is 1. The number of sulfonamides is 1. The summed E-state index contributed by atoms with van der Waals surface area (Å²) in [7, 11) is -7.42. The van der Waals surface area contributed by atoms with Gasteiger partial charge in [-0.25, -0.2) is 8.42 Å². The molecule has 5 rings (SSSR count). The summed E-state index contributed by atoms with van der Waals surface area (Å²) >= 11 is 5.88. The Morgan fingerprint density at radius 2 is 1.50 bits per heavy atom. The summed E-state index contributed by atoms with van der Waals surface area (Å²) in [5.74, 6) is -1.08. The number of allylic oxidation sites excluding steroid dienone is 1. The van der Waals surface area contributed by atoms with Crippen molar-refractivity contribution in [3.05, 3.63) is 113 Å². The molecule has 0 spiro atoms. The van der Waals surface area contributed by atoms with Crippen LogP contribution in [0.1, 0.15) is 15.9 Å². The highest BCUT2D eigenvalue weighted by Gasteiger charge is 2.40. The molecular formula is C26H18ClNO6S2. The highest BCUT2D eigenvalue weighted by Crippen LogP contribution is 2.39. The zero-order valence-electron chi connectivity index (χ0n) is 18.8. The van der Waals surface area contributed by atoms with Gasteiger partial charge in [-0.15, -0.1) is 0 Å². The fourth-order valence-corrected chi connectivity index (χ4v) is 6.44. The van der Waals surface area contributed by atoms with Crippen LogP contribution in [0.25, 0.3) is 16.5 Å². The van der Waals surface area contributed by atoms with Crippen molar-refractivity contribution in [2.45, 2.75) is 9.79 Å². The van der Waals surface area contributed by atoms with Crippen molar-refractivity contribution in [2.24, 2.45) is 0 Å². The van der Waals surface area contributed by atoms with Crippen molar-refractivity contribution >= 4 is 54.1 Å². The molecule has 0 unspecified atom stereocenters. The number of halogens is 1. The Morgan fingerprint density at radius 3 is 2.22 bits per heavy atom. The van der Waals surface area contributed by atoms with E-state index in [1.807, 2.05) is 24.3 Å². The molecule has 0 aromatic heterocycles. The SMILES string of the molecule is CN1C(C(=O)c2ccc3ccccc3c2)=C(OS(=O)(=O)c2ccc(Cl)cc2)c2ccccc2S1(=O)=O. The molecule has 7 nitrogen and oxygen atoms in total. The lowest BCUT2D eigenvalue weighted by atomic mass is 10.0. The van der Waals surface area contributed by atoms with Gasteiger partial charge in [0.15, 0.2) is 5.76 Å². The molecule has 1 aliphatic heterocycles. The fraction of sp³-hybridized carbons (Fsp3) is 0.0385. The quantitative estimate of drug-likeness (QED) is 0.259. The van der Waals surface area contributed by atoms with Crippen LogP contribution in [0.4, 0.5) is 0 Å². The Balaban J connectivity index is 1.73. The third kappa shape index (κ3) is 4.05. The normalized spacial score (nSPS) is 15.0. The molecule has 0 bridgehead atoms. The van der Waals surface area contributed by atoms with E-state index >= 15 is 0 Å². The summed E-state index contributed by atoms with van der Waals surface area (Å²) < 4.78 is 59.3. The summed E-state index contributed by atoms with van der Waals surface area (Å²) in [5, 5.41) is 1.98. The standard InChI is InChI=1S/C26H18ClNO6S2/c1-28-24(25(29)19-11-10-17-6-2-3-7-18(17)16-19)26(22-8-4-5-9-23(22)35(28,30)31)34-36(32,33)21-14-12-20(27)13-15-21/h2-16H,1H3. The molecule has 1 aliphatic rings. The van der Waals surface area contributed by atoms with Crippen LogP contribution in [0, 0.1) is 0 Å². The van der Waals surface area contributed by atoms with Crippen molar-refractivity contribution in [1.29, 1.82) is 0 Å². The van der Waals surface area contributed by atoms with Gasteiger partial charge >= 0.3 is 10.1 Å². The summed E-state index contributed by atoms with van der Waals surface area (Å²) in [4.78, 5) is 13.4. The summed E-state index contributed by atoms with van der Waals surface area (Å²) in [6.45, 7) is 0. The van der Waals surface area contributed by atoms with E-state index in [4.69, 9.17) is 15.8 Å². The number of likely N-dealkylation sites (N-methyl/N-ethyl adjacent to an activating group) is 1. The minimum absolute atomic E-state index is 0.0303. The highest BCUT2D eigenvalue weighted by molar-refractivity contribution is 7.89. The maximum Gasteiger partial charge on any atom is 0.339 e. The second-order valence-corrected chi connectivity index (χ2v) is 11.9. The molecule has 0 radical (unpaired) electrons. The monoisotopic (exact) mass is 539 g/mol. The number of nitrogens with zero attached hydrogens (tertiary/aromatic N) is 1. The van der Waals surface area contributed by atoms with E-state index in [2.05, 4.69) is 0 Å². The van der Waals surface area contributed by atoms with Crippen LogP contribution in [0.15, 0.2) is 106 Å². The van der Waals surface area contributed by atoms with E-state index in [1.54, 1.807) is 18.2 Å². The minimum Gasteiger partial charge on any atom is -0.376 e. The largest absolute Gasteiger partial charge is 0.376 e. The molecule has 182 valence electrons. The van der Waals surface area contributed by atoms with Crippen LogP contribution in [0.3, 0.4) is 0 Å². The number of carbonyl (C=O) groups excluding carboxylic acids is 1. The topological polar surface area (TPSA) is 97.8 Å². The van der Waals surface area contributed by atoms with Gasteiger partial charge in [0.2, 0.25) is 5.78 Å². The minimum atomic E-state index is -4.45.